The molecule has 100 valence electrons. The van der Waals surface area contributed by atoms with Crippen molar-refractivity contribution in [1.82, 2.24) is 14.8 Å². The topological polar surface area (TPSA) is 30.7 Å². The SMILES string of the molecule is CC(C)(c1ccccc1)c1nncn1-c1ccccc1. The molecule has 0 saturated heterocycles. The maximum atomic E-state index is 4.35. The molecule has 3 aromatic rings. The molecule has 3 heteroatoms. The fourth-order valence-electron chi connectivity index (χ4n) is 2.42. The fourth-order valence-corrected chi connectivity index (χ4v) is 2.42. The van der Waals surface area contributed by atoms with Crippen LogP contribution in [0.4, 0.5) is 0 Å². The van der Waals surface area contributed by atoms with E-state index < -0.39 is 0 Å². The van der Waals surface area contributed by atoms with Crippen molar-refractivity contribution < 1.29 is 0 Å². The Morgan fingerprint density at radius 3 is 2.10 bits per heavy atom. The van der Waals surface area contributed by atoms with Crippen molar-refractivity contribution in [3.63, 3.8) is 0 Å². The van der Waals surface area contributed by atoms with E-state index in [2.05, 4.69) is 60.4 Å². The standard InChI is InChI=1S/C17H17N3/c1-17(2,14-9-5-3-6-10-14)16-19-18-13-20(16)15-11-7-4-8-12-15/h3-13H,1-2H3. The Hall–Kier alpha value is -2.42. The predicted octanol–water partition coefficient (Wildman–Crippen LogP) is 3.59. The van der Waals surface area contributed by atoms with Gasteiger partial charge in [0, 0.05) is 5.69 Å². The molecule has 0 aliphatic carbocycles. The summed E-state index contributed by atoms with van der Waals surface area (Å²) in [4.78, 5) is 0. The quantitative estimate of drug-likeness (QED) is 0.723. The first-order chi connectivity index (χ1) is 9.69. The Balaban J connectivity index is 2.10. The lowest BCUT2D eigenvalue weighted by molar-refractivity contribution is 0.576. The van der Waals surface area contributed by atoms with Gasteiger partial charge in [-0.25, -0.2) is 0 Å². The zero-order valence-corrected chi connectivity index (χ0v) is 11.7. The van der Waals surface area contributed by atoms with Crippen molar-refractivity contribution in [2.24, 2.45) is 0 Å². The van der Waals surface area contributed by atoms with Crippen LogP contribution in [-0.4, -0.2) is 14.8 Å². The van der Waals surface area contributed by atoms with Crippen LogP contribution in [0.15, 0.2) is 67.0 Å². The largest absolute Gasteiger partial charge is 0.285 e. The van der Waals surface area contributed by atoms with E-state index in [1.807, 2.05) is 28.8 Å². The van der Waals surface area contributed by atoms with Gasteiger partial charge >= 0.3 is 0 Å². The van der Waals surface area contributed by atoms with Crippen LogP contribution in [0, 0.1) is 0 Å². The first-order valence-electron chi connectivity index (χ1n) is 6.71. The maximum absolute atomic E-state index is 4.35. The van der Waals surface area contributed by atoms with E-state index in [1.54, 1.807) is 6.33 Å². The van der Waals surface area contributed by atoms with Crippen molar-refractivity contribution in [3.8, 4) is 5.69 Å². The number of para-hydroxylation sites is 1. The van der Waals surface area contributed by atoms with Crippen LogP contribution in [0.5, 0.6) is 0 Å². The summed E-state index contributed by atoms with van der Waals surface area (Å²) in [7, 11) is 0. The van der Waals surface area contributed by atoms with Crippen molar-refractivity contribution in [1.29, 1.82) is 0 Å². The summed E-state index contributed by atoms with van der Waals surface area (Å²) in [6.45, 7) is 4.34. The molecule has 0 fully saturated rings. The van der Waals surface area contributed by atoms with Crippen LogP contribution in [-0.2, 0) is 5.41 Å². The molecule has 0 radical (unpaired) electrons. The van der Waals surface area contributed by atoms with E-state index >= 15 is 0 Å². The smallest absolute Gasteiger partial charge is 0.147 e. The number of hydrogen-bond acceptors (Lipinski definition) is 2. The minimum absolute atomic E-state index is 0.201. The summed E-state index contributed by atoms with van der Waals surface area (Å²) in [5.41, 5.74) is 2.11. The van der Waals surface area contributed by atoms with Crippen molar-refractivity contribution in [3.05, 3.63) is 78.4 Å². The number of benzene rings is 2. The molecule has 0 atom stereocenters. The van der Waals surface area contributed by atoms with E-state index in [9.17, 15) is 0 Å². The molecule has 0 amide bonds. The van der Waals surface area contributed by atoms with Gasteiger partial charge in [-0.05, 0) is 31.5 Å². The highest BCUT2D eigenvalue weighted by Crippen LogP contribution is 2.30. The first kappa shape index (κ1) is 12.6. The third kappa shape index (κ3) is 2.11. The van der Waals surface area contributed by atoms with Gasteiger partial charge in [-0.3, -0.25) is 4.57 Å². The van der Waals surface area contributed by atoms with Crippen LogP contribution in [0.1, 0.15) is 25.2 Å². The highest BCUT2D eigenvalue weighted by atomic mass is 15.3. The number of rotatable bonds is 3. The number of aromatic nitrogens is 3. The molecule has 0 aliphatic heterocycles. The third-order valence-electron chi connectivity index (χ3n) is 3.64. The van der Waals surface area contributed by atoms with E-state index in [4.69, 9.17) is 0 Å². The predicted molar refractivity (Wildman–Crippen MR) is 79.9 cm³/mol. The summed E-state index contributed by atoms with van der Waals surface area (Å²) in [6.07, 6.45) is 1.77. The summed E-state index contributed by atoms with van der Waals surface area (Å²) in [5, 5.41) is 8.46. The molecule has 0 N–H and O–H groups in total. The molecule has 0 aliphatic rings. The van der Waals surface area contributed by atoms with Gasteiger partial charge in [0.2, 0.25) is 0 Å². The van der Waals surface area contributed by atoms with Gasteiger partial charge in [-0.2, -0.15) is 0 Å². The van der Waals surface area contributed by atoms with Crippen molar-refractivity contribution in [2.45, 2.75) is 19.3 Å². The summed E-state index contributed by atoms with van der Waals surface area (Å²) >= 11 is 0. The Morgan fingerprint density at radius 1 is 0.850 bits per heavy atom. The van der Waals surface area contributed by atoms with Crippen LogP contribution in [0.3, 0.4) is 0 Å². The van der Waals surface area contributed by atoms with Crippen LogP contribution in [0.2, 0.25) is 0 Å². The van der Waals surface area contributed by atoms with Gasteiger partial charge in [0.1, 0.15) is 12.2 Å². The Kier molecular flexibility index (Phi) is 3.11. The molecule has 3 nitrogen and oxygen atoms in total. The molecule has 0 spiro atoms. The molecule has 3 rings (SSSR count). The van der Waals surface area contributed by atoms with Gasteiger partial charge in [0.25, 0.3) is 0 Å². The first-order valence-corrected chi connectivity index (χ1v) is 6.71. The lowest BCUT2D eigenvalue weighted by atomic mass is 9.83. The second-order valence-corrected chi connectivity index (χ2v) is 5.35. The van der Waals surface area contributed by atoms with Crippen molar-refractivity contribution in [2.75, 3.05) is 0 Å². The molecule has 0 bridgehead atoms. The van der Waals surface area contributed by atoms with E-state index in [1.165, 1.54) is 5.56 Å². The average molecular weight is 263 g/mol. The summed E-state index contributed by atoms with van der Waals surface area (Å²) in [6, 6.07) is 20.6. The summed E-state index contributed by atoms with van der Waals surface area (Å²) in [5.74, 6) is 0.940. The second-order valence-electron chi connectivity index (χ2n) is 5.35. The van der Waals surface area contributed by atoms with E-state index in [0.717, 1.165) is 11.5 Å². The molecular formula is C17H17N3. The van der Waals surface area contributed by atoms with Gasteiger partial charge in [0.05, 0.1) is 5.41 Å². The molecule has 1 heterocycles. The lowest BCUT2D eigenvalue weighted by Gasteiger charge is -2.25. The molecule has 20 heavy (non-hydrogen) atoms. The second kappa shape index (κ2) is 4.93. The average Bonchev–Trinajstić information content (AvgIpc) is 2.99. The van der Waals surface area contributed by atoms with Crippen molar-refractivity contribution >= 4 is 0 Å². The highest BCUT2D eigenvalue weighted by Gasteiger charge is 2.28. The molecule has 2 aromatic carbocycles. The van der Waals surface area contributed by atoms with Gasteiger partial charge in [-0.15, -0.1) is 10.2 Å². The molecule has 0 unspecified atom stereocenters. The molecular weight excluding hydrogens is 246 g/mol. The zero-order valence-electron chi connectivity index (χ0n) is 11.7. The Labute approximate surface area is 118 Å². The lowest BCUT2D eigenvalue weighted by Crippen LogP contribution is -2.23. The summed E-state index contributed by atoms with van der Waals surface area (Å²) < 4.78 is 2.05. The number of nitrogens with zero attached hydrogens (tertiary/aromatic N) is 3. The van der Waals surface area contributed by atoms with Crippen LogP contribution < -0.4 is 0 Å². The highest BCUT2D eigenvalue weighted by molar-refractivity contribution is 5.37. The number of hydrogen-bond donors (Lipinski definition) is 0. The molecule has 0 saturated carbocycles. The Bertz CT molecular complexity index is 685. The minimum Gasteiger partial charge on any atom is -0.285 e. The minimum atomic E-state index is -0.201. The molecule has 1 aromatic heterocycles. The van der Waals surface area contributed by atoms with E-state index in [-0.39, 0.29) is 5.41 Å². The maximum Gasteiger partial charge on any atom is 0.147 e. The van der Waals surface area contributed by atoms with Crippen LogP contribution in [0.25, 0.3) is 5.69 Å². The van der Waals surface area contributed by atoms with Crippen LogP contribution >= 0.6 is 0 Å². The van der Waals surface area contributed by atoms with Gasteiger partial charge < -0.3 is 0 Å². The van der Waals surface area contributed by atoms with Gasteiger partial charge in [0.15, 0.2) is 0 Å². The third-order valence-corrected chi connectivity index (χ3v) is 3.64. The monoisotopic (exact) mass is 263 g/mol. The fraction of sp³-hybridized carbons (Fsp3) is 0.176. The van der Waals surface area contributed by atoms with E-state index in [0.29, 0.717) is 0 Å². The van der Waals surface area contributed by atoms with Gasteiger partial charge in [-0.1, -0.05) is 48.5 Å². The normalized spacial score (nSPS) is 11.5. The zero-order chi connectivity index (χ0) is 14.0. The Morgan fingerprint density at radius 2 is 1.45 bits per heavy atom.